The highest BCUT2D eigenvalue weighted by atomic mass is 35.5. The van der Waals surface area contributed by atoms with Crippen LogP contribution in [0, 0.1) is 6.92 Å². The second-order valence-electron chi connectivity index (χ2n) is 7.66. The normalized spacial score (nSPS) is 12.4. The number of anilines is 1. The number of imidazole rings is 1. The van der Waals surface area contributed by atoms with Gasteiger partial charge >= 0.3 is 5.69 Å². The van der Waals surface area contributed by atoms with Gasteiger partial charge in [0.2, 0.25) is 5.95 Å². The molecule has 0 saturated carbocycles. The molecular weight excluding hydrogens is 460 g/mol. The van der Waals surface area contributed by atoms with E-state index in [2.05, 4.69) is 20.5 Å². The van der Waals surface area contributed by atoms with Gasteiger partial charge in [0.1, 0.15) is 18.5 Å². The number of hydrogen-bond acceptors (Lipinski definition) is 7. The zero-order chi connectivity index (χ0) is 24.2. The summed E-state index contributed by atoms with van der Waals surface area (Å²) in [4.78, 5) is 31.3. The zero-order valence-electron chi connectivity index (χ0n) is 18.5. The Hall–Kier alpha value is -3.89. The predicted molar refractivity (Wildman–Crippen MR) is 131 cm³/mol. The number of halogens is 1. The molecule has 0 unspecified atom stereocenters. The Morgan fingerprint density at radius 1 is 1.24 bits per heavy atom. The predicted octanol–water partition coefficient (Wildman–Crippen LogP) is 2.27. The van der Waals surface area contributed by atoms with Gasteiger partial charge in [-0.25, -0.2) is 10.2 Å². The molecule has 176 valence electrons. The third kappa shape index (κ3) is 4.87. The smallest absolute Gasteiger partial charge is 0.329 e. The summed E-state index contributed by atoms with van der Waals surface area (Å²) in [6.07, 6.45) is 0.522. The topological polar surface area (TPSA) is 127 Å². The lowest BCUT2D eigenvalue weighted by molar-refractivity contribution is 0.0935. The van der Waals surface area contributed by atoms with Gasteiger partial charge in [0.05, 0.1) is 12.8 Å². The Morgan fingerprint density at radius 2 is 1.97 bits per heavy atom. The fraction of sp³-hybridized carbons (Fsp3) is 0.217. The van der Waals surface area contributed by atoms with Crippen LogP contribution in [0.5, 0.6) is 5.75 Å². The summed E-state index contributed by atoms with van der Waals surface area (Å²) in [7, 11) is 1.49. The van der Waals surface area contributed by atoms with Crippen molar-refractivity contribution >= 4 is 34.9 Å². The van der Waals surface area contributed by atoms with Gasteiger partial charge in [-0.1, -0.05) is 48.0 Å². The van der Waals surface area contributed by atoms with E-state index in [0.29, 0.717) is 16.3 Å². The quantitative estimate of drug-likeness (QED) is 0.261. The fourth-order valence-electron chi connectivity index (χ4n) is 3.40. The van der Waals surface area contributed by atoms with Gasteiger partial charge in [-0.15, -0.1) is 0 Å². The van der Waals surface area contributed by atoms with Crippen molar-refractivity contribution in [3.63, 3.8) is 0 Å². The molecule has 4 aromatic rings. The number of aliphatic hydroxyl groups is 1. The second-order valence-corrected chi connectivity index (χ2v) is 8.07. The molecule has 0 spiro atoms. The first-order chi connectivity index (χ1) is 16.3. The Labute approximate surface area is 199 Å². The third-order valence-corrected chi connectivity index (χ3v) is 5.54. The zero-order valence-corrected chi connectivity index (χ0v) is 19.3. The molecule has 4 rings (SSSR count). The SMILES string of the molecule is Cc1ccccc1OC[C@H](O)Cn1c(N/N=C/c2ccccc2Cl)nc2c1c(=O)[nH]c(=O)n2C. The van der Waals surface area contributed by atoms with Crippen molar-refractivity contribution in [2.24, 2.45) is 12.1 Å². The number of hydrazone groups is 1. The third-order valence-electron chi connectivity index (χ3n) is 5.20. The van der Waals surface area contributed by atoms with Crippen molar-refractivity contribution in [3.05, 3.63) is 85.5 Å². The number of aromatic nitrogens is 4. The van der Waals surface area contributed by atoms with Crippen LogP contribution in [0.25, 0.3) is 11.2 Å². The lowest BCUT2D eigenvalue weighted by Gasteiger charge is -2.16. The second kappa shape index (κ2) is 9.94. The number of aryl methyl sites for hydroxylation is 2. The molecule has 0 saturated heterocycles. The largest absolute Gasteiger partial charge is 0.491 e. The molecule has 0 bridgehead atoms. The van der Waals surface area contributed by atoms with Crippen molar-refractivity contribution < 1.29 is 9.84 Å². The van der Waals surface area contributed by atoms with E-state index in [1.807, 2.05) is 37.3 Å². The van der Waals surface area contributed by atoms with E-state index in [1.54, 1.807) is 18.2 Å². The number of aliphatic hydroxyl groups excluding tert-OH is 1. The highest BCUT2D eigenvalue weighted by molar-refractivity contribution is 6.33. The Kier molecular flexibility index (Phi) is 6.80. The molecule has 34 heavy (non-hydrogen) atoms. The molecule has 0 aliphatic carbocycles. The first-order valence-electron chi connectivity index (χ1n) is 10.4. The van der Waals surface area contributed by atoms with Crippen molar-refractivity contribution in [2.75, 3.05) is 12.0 Å². The number of rotatable bonds is 8. The fourth-order valence-corrected chi connectivity index (χ4v) is 3.59. The van der Waals surface area contributed by atoms with E-state index in [1.165, 1.54) is 22.4 Å². The number of aromatic amines is 1. The Morgan fingerprint density at radius 3 is 2.74 bits per heavy atom. The highest BCUT2D eigenvalue weighted by Gasteiger charge is 2.20. The van der Waals surface area contributed by atoms with Crippen molar-refractivity contribution in [3.8, 4) is 5.75 Å². The van der Waals surface area contributed by atoms with Crippen molar-refractivity contribution in [2.45, 2.75) is 19.6 Å². The number of fused-ring (bicyclic) bond motifs is 1. The number of ether oxygens (including phenoxy) is 1. The lowest BCUT2D eigenvalue weighted by atomic mass is 10.2. The molecule has 0 aliphatic heterocycles. The maximum atomic E-state index is 12.6. The summed E-state index contributed by atoms with van der Waals surface area (Å²) in [6, 6.07) is 14.6. The van der Waals surface area contributed by atoms with Gasteiger partial charge in [-0.2, -0.15) is 10.1 Å². The van der Waals surface area contributed by atoms with Gasteiger partial charge in [0.15, 0.2) is 11.2 Å². The van der Waals surface area contributed by atoms with Crippen LogP contribution in [-0.4, -0.2) is 43.1 Å². The minimum atomic E-state index is -0.985. The summed E-state index contributed by atoms with van der Waals surface area (Å²) in [5, 5.41) is 15.4. The summed E-state index contributed by atoms with van der Waals surface area (Å²) < 4.78 is 8.41. The number of para-hydroxylation sites is 1. The van der Waals surface area contributed by atoms with E-state index >= 15 is 0 Å². The summed E-state index contributed by atoms with van der Waals surface area (Å²) >= 11 is 6.16. The molecule has 1 atom stereocenters. The van der Waals surface area contributed by atoms with Crippen LogP contribution in [-0.2, 0) is 13.6 Å². The number of nitrogens with zero attached hydrogens (tertiary/aromatic N) is 4. The number of benzene rings is 2. The van der Waals surface area contributed by atoms with E-state index < -0.39 is 17.4 Å². The number of nitrogens with one attached hydrogen (secondary N) is 2. The van der Waals surface area contributed by atoms with Gasteiger partial charge in [0.25, 0.3) is 5.56 Å². The monoisotopic (exact) mass is 482 g/mol. The summed E-state index contributed by atoms with van der Waals surface area (Å²) in [5.41, 5.74) is 3.44. The molecule has 2 aromatic carbocycles. The van der Waals surface area contributed by atoms with Gasteiger partial charge in [-0.05, 0) is 24.6 Å². The Balaban J connectivity index is 1.64. The minimum Gasteiger partial charge on any atom is -0.491 e. The molecule has 11 heteroatoms. The van der Waals surface area contributed by atoms with Crippen LogP contribution in [0.3, 0.4) is 0 Å². The first-order valence-corrected chi connectivity index (χ1v) is 10.8. The maximum Gasteiger partial charge on any atom is 0.329 e. The highest BCUT2D eigenvalue weighted by Crippen LogP contribution is 2.19. The molecule has 10 nitrogen and oxygen atoms in total. The first kappa shape index (κ1) is 23.3. The maximum absolute atomic E-state index is 12.6. The van der Waals surface area contributed by atoms with Crippen LogP contribution >= 0.6 is 11.6 Å². The van der Waals surface area contributed by atoms with E-state index in [0.717, 1.165) is 5.56 Å². The van der Waals surface area contributed by atoms with Crippen LogP contribution in [0.2, 0.25) is 5.02 Å². The van der Waals surface area contributed by atoms with Crippen LogP contribution in [0.1, 0.15) is 11.1 Å². The summed E-state index contributed by atoms with van der Waals surface area (Å²) in [6.45, 7) is 1.86. The molecular formula is C23H23ClN6O4. The van der Waals surface area contributed by atoms with Gasteiger partial charge < -0.3 is 14.4 Å². The lowest BCUT2D eigenvalue weighted by Crippen LogP contribution is -2.30. The van der Waals surface area contributed by atoms with E-state index in [9.17, 15) is 14.7 Å². The van der Waals surface area contributed by atoms with Crippen molar-refractivity contribution in [1.29, 1.82) is 0 Å². The van der Waals surface area contributed by atoms with Gasteiger partial charge in [-0.3, -0.25) is 14.3 Å². The van der Waals surface area contributed by atoms with E-state index in [4.69, 9.17) is 16.3 Å². The minimum absolute atomic E-state index is 0.0173. The standard InChI is InChI=1S/C23H23ClN6O4/c1-14-7-3-6-10-18(14)34-13-16(31)12-30-19-20(29(2)23(33)27-21(19)32)26-22(30)28-25-11-15-8-4-5-9-17(15)24/h3-11,16,31H,12-13H2,1-2H3,(H,26,28)(H,27,32,33)/b25-11+/t16-/m1/s1. The molecule has 2 heterocycles. The van der Waals surface area contributed by atoms with Gasteiger partial charge in [0, 0.05) is 17.6 Å². The van der Waals surface area contributed by atoms with Crippen LogP contribution < -0.4 is 21.4 Å². The molecule has 0 fully saturated rings. The Bertz CT molecular complexity index is 1470. The molecule has 0 aliphatic rings. The summed E-state index contributed by atoms with van der Waals surface area (Å²) in [5.74, 6) is 0.819. The number of H-pyrrole nitrogens is 1. The molecule has 3 N–H and O–H groups in total. The van der Waals surface area contributed by atoms with Crippen LogP contribution in [0.4, 0.5) is 5.95 Å². The average molecular weight is 483 g/mol. The number of hydrogen-bond donors (Lipinski definition) is 3. The molecule has 2 aromatic heterocycles. The molecule has 0 radical (unpaired) electrons. The van der Waals surface area contributed by atoms with Crippen molar-refractivity contribution in [1.82, 2.24) is 19.1 Å². The van der Waals surface area contributed by atoms with Crippen LogP contribution in [0.15, 0.2) is 63.2 Å². The van der Waals surface area contributed by atoms with E-state index in [-0.39, 0.29) is 30.3 Å². The molecule has 0 amide bonds. The average Bonchev–Trinajstić information content (AvgIpc) is 3.17.